The largest absolute Gasteiger partial charge is 0.454 e. The number of rotatable bonds is 5. The molecule has 2 saturated carbocycles. The fourth-order valence-corrected chi connectivity index (χ4v) is 5.74. The van der Waals surface area contributed by atoms with E-state index in [1.54, 1.807) is 19.1 Å². The number of fused-ring (bicyclic) bond motifs is 5. The Morgan fingerprint density at radius 3 is 2.43 bits per heavy atom. The number of imide groups is 1. The third-order valence-corrected chi connectivity index (χ3v) is 8.03. The van der Waals surface area contributed by atoms with Crippen molar-refractivity contribution in [2.75, 3.05) is 11.9 Å². The number of ether oxygens (including phenoxy) is 1. The summed E-state index contributed by atoms with van der Waals surface area (Å²) < 4.78 is 5.80. The second-order valence-corrected chi connectivity index (χ2v) is 9.53. The molecular formula is C21H22BrClN2O5. The van der Waals surface area contributed by atoms with E-state index in [9.17, 15) is 19.2 Å². The van der Waals surface area contributed by atoms with Gasteiger partial charge in [-0.15, -0.1) is 0 Å². The van der Waals surface area contributed by atoms with Gasteiger partial charge in [0.15, 0.2) is 6.61 Å². The molecule has 3 amide bonds. The van der Waals surface area contributed by atoms with Crippen molar-refractivity contribution in [3.63, 3.8) is 0 Å². The minimum absolute atomic E-state index is 0.247. The fraction of sp³-hybridized carbons (Fsp3) is 0.524. The Kier molecular flexibility index (Phi) is 5.66. The van der Waals surface area contributed by atoms with E-state index in [0.29, 0.717) is 20.7 Å². The number of hydrogen-bond acceptors (Lipinski definition) is 5. The summed E-state index contributed by atoms with van der Waals surface area (Å²) in [5, 5.41) is 3.12. The van der Waals surface area contributed by atoms with Gasteiger partial charge >= 0.3 is 5.97 Å². The molecule has 3 fully saturated rings. The van der Waals surface area contributed by atoms with Crippen molar-refractivity contribution in [2.45, 2.75) is 39.2 Å². The quantitative estimate of drug-likeness (QED) is 0.498. The van der Waals surface area contributed by atoms with E-state index >= 15 is 0 Å². The predicted molar refractivity (Wildman–Crippen MR) is 113 cm³/mol. The third kappa shape index (κ3) is 3.43. The summed E-state index contributed by atoms with van der Waals surface area (Å²) >= 11 is 9.46. The van der Waals surface area contributed by atoms with Gasteiger partial charge in [-0.3, -0.25) is 19.3 Å². The molecule has 1 N–H and O–H groups in total. The molecule has 30 heavy (non-hydrogen) atoms. The summed E-state index contributed by atoms with van der Waals surface area (Å²) in [6.07, 6.45) is 2.87. The molecule has 0 radical (unpaired) electrons. The average Bonchev–Trinajstić information content (AvgIpc) is 3.40. The zero-order valence-electron chi connectivity index (χ0n) is 16.6. The van der Waals surface area contributed by atoms with Crippen LogP contribution in [0, 0.1) is 30.6 Å². The van der Waals surface area contributed by atoms with E-state index in [0.717, 1.165) is 24.2 Å². The van der Waals surface area contributed by atoms with Crippen molar-refractivity contribution < 1.29 is 23.9 Å². The van der Waals surface area contributed by atoms with Gasteiger partial charge < -0.3 is 10.1 Å². The first-order valence-corrected chi connectivity index (χ1v) is 11.2. The maximum Gasteiger partial charge on any atom is 0.329 e. The van der Waals surface area contributed by atoms with Gasteiger partial charge in [0, 0.05) is 10.2 Å². The molecule has 1 saturated heterocycles. The Balaban J connectivity index is 1.35. The first-order chi connectivity index (χ1) is 14.2. The summed E-state index contributed by atoms with van der Waals surface area (Å²) in [6, 6.07) is 2.34. The highest BCUT2D eigenvalue weighted by Gasteiger charge is 2.62. The third-order valence-electron chi connectivity index (χ3n) is 6.65. The highest BCUT2D eigenvalue weighted by atomic mass is 79.9. The van der Waals surface area contributed by atoms with Crippen molar-refractivity contribution >= 4 is 56.9 Å². The number of carbonyl (C=O) groups excluding carboxylic acids is 4. The molecule has 1 aromatic carbocycles. The molecule has 2 bridgehead atoms. The van der Waals surface area contributed by atoms with E-state index in [-0.39, 0.29) is 35.5 Å². The van der Waals surface area contributed by atoms with Gasteiger partial charge in [0.25, 0.3) is 5.91 Å². The van der Waals surface area contributed by atoms with Crippen LogP contribution in [-0.2, 0) is 23.9 Å². The second-order valence-electron chi connectivity index (χ2n) is 8.30. The fourth-order valence-electron chi connectivity index (χ4n) is 5.15. The molecule has 4 rings (SSSR count). The lowest BCUT2D eigenvalue weighted by Crippen LogP contribution is -2.45. The standard InChI is InChI=1S/C21H22BrClN2O5/c1-9-14(6-5-13(22)18(9)23)24-15(26)8-30-21(29)10(2)25-19(27)16-11-3-4-12(7-11)17(16)20(25)28/h5-6,10-12,16-17H,3-4,7-8H2,1-2H3,(H,24,26)/t10-,11-,12-,16+,17+/m0/s1. The van der Waals surface area contributed by atoms with E-state index in [1.807, 2.05) is 0 Å². The molecule has 0 aromatic heterocycles. The number of benzene rings is 1. The van der Waals surface area contributed by atoms with Crippen LogP contribution in [0.5, 0.6) is 0 Å². The Morgan fingerprint density at radius 2 is 1.83 bits per heavy atom. The number of nitrogens with zero attached hydrogens (tertiary/aromatic N) is 1. The number of halogens is 2. The monoisotopic (exact) mass is 496 g/mol. The summed E-state index contributed by atoms with van der Waals surface area (Å²) in [6.45, 7) is 2.70. The topological polar surface area (TPSA) is 92.8 Å². The van der Waals surface area contributed by atoms with Crippen LogP contribution in [0.2, 0.25) is 5.02 Å². The molecule has 1 aromatic rings. The first-order valence-electron chi connectivity index (χ1n) is 9.98. The molecule has 160 valence electrons. The van der Waals surface area contributed by atoms with Crippen molar-refractivity contribution in [1.29, 1.82) is 0 Å². The van der Waals surface area contributed by atoms with E-state index in [2.05, 4.69) is 21.2 Å². The Bertz CT molecular complexity index is 924. The van der Waals surface area contributed by atoms with Crippen molar-refractivity contribution in [3.8, 4) is 0 Å². The number of carbonyl (C=O) groups is 4. The Morgan fingerprint density at radius 1 is 1.23 bits per heavy atom. The average molecular weight is 498 g/mol. The normalized spacial score (nSPS) is 27.9. The smallest absolute Gasteiger partial charge is 0.329 e. The molecule has 9 heteroatoms. The van der Waals surface area contributed by atoms with Crippen molar-refractivity contribution in [3.05, 3.63) is 27.2 Å². The molecule has 3 aliphatic rings. The van der Waals surface area contributed by atoms with E-state index in [4.69, 9.17) is 16.3 Å². The minimum Gasteiger partial charge on any atom is -0.454 e. The summed E-state index contributed by atoms with van der Waals surface area (Å²) in [5.41, 5.74) is 1.18. The van der Waals surface area contributed by atoms with Crippen molar-refractivity contribution in [2.24, 2.45) is 23.7 Å². The van der Waals surface area contributed by atoms with Crippen LogP contribution in [0.3, 0.4) is 0 Å². The number of esters is 1. The van der Waals surface area contributed by atoms with Gasteiger partial charge in [-0.2, -0.15) is 0 Å². The number of nitrogens with one attached hydrogen (secondary N) is 1. The summed E-state index contributed by atoms with van der Waals surface area (Å²) in [7, 11) is 0. The highest BCUT2D eigenvalue weighted by Crippen LogP contribution is 2.56. The van der Waals surface area contributed by atoms with Gasteiger partial charge in [0.2, 0.25) is 11.8 Å². The van der Waals surface area contributed by atoms with Crippen LogP contribution < -0.4 is 5.32 Å². The number of amides is 3. The van der Waals surface area contributed by atoms with Crippen LogP contribution in [0.1, 0.15) is 31.7 Å². The van der Waals surface area contributed by atoms with Crippen molar-refractivity contribution in [1.82, 2.24) is 4.90 Å². The second kappa shape index (κ2) is 7.96. The molecule has 2 aliphatic carbocycles. The summed E-state index contributed by atoms with van der Waals surface area (Å²) in [5.74, 6) is -1.94. The molecule has 0 unspecified atom stereocenters. The van der Waals surface area contributed by atoms with E-state index in [1.165, 1.54) is 6.92 Å². The zero-order valence-corrected chi connectivity index (χ0v) is 19.0. The SMILES string of the molecule is Cc1c(NC(=O)COC(=O)[C@H](C)N2C(=O)[C@@H]3[C@H]4CC[C@@H](C4)[C@H]3C2=O)ccc(Br)c1Cl. The lowest BCUT2D eigenvalue weighted by atomic mass is 9.81. The van der Waals surface area contributed by atoms with Gasteiger partial charge in [-0.25, -0.2) is 4.79 Å². The predicted octanol–water partition coefficient (Wildman–Crippen LogP) is 3.31. The van der Waals surface area contributed by atoms with Crippen LogP contribution in [0.25, 0.3) is 0 Å². The van der Waals surface area contributed by atoms with E-state index < -0.39 is 24.5 Å². The Labute approximate surface area is 187 Å². The molecule has 0 spiro atoms. The Hall–Kier alpha value is -1.93. The molecule has 5 atom stereocenters. The maximum atomic E-state index is 12.8. The minimum atomic E-state index is -1.05. The molecule has 1 heterocycles. The van der Waals surface area contributed by atoms with Crippen LogP contribution in [0.15, 0.2) is 16.6 Å². The first kappa shape index (κ1) is 21.3. The number of anilines is 1. The molecule has 7 nitrogen and oxygen atoms in total. The van der Waals surface area contributed by atoms with Gasteiger partial charge in [0.05, 0.1) is 16.9 Å². The number of hydrogen-bond donors (Lipinski definition) is 1. The van der Waals surface area contributed by atoms with Crippen LogP contribution in [0.4, 0.5) is 5.69 Å². The molecule has 1 aliphatic heterocycles. The maximum absolute atomic E-state index is 12.8. The number of likely N-dealkylation sites (tertiary alicyclic amines) is 1. The highest BCUT2D eigenvalue weighted by molar-refractivity contribution is 9.10. The van der Waals surface area contributed by atoms with Crippen LogP contribution >= 0.6 is 27.5 Å². The molecular weight excluding hydrogens is 476 g/mol. The van der Waals surface area contributed by atoms with Crippen LogP contribution in [-0.4, -0.2) is 41.2 Å². The lowest BCUT2D eigenvalue weighted by molar-refractivity contribution is -0.159. The van der Waals surface area contributed by atoms with Gasteiger partial charge in [-0.1, -0.05) is 11.6 Å². The van der Waals surface area contributed by atoms with Gasteiger partial charge in [-0.05, 0) is 78.6 Å². The summed E-state index contributed by atoms with van der Waals surface area (Å²) in [4.78, 5) is 51.3. The lowest BCUT2D eigenvalue weighted by Gasteiger charge is -2.23. The zero-order chi connectivity index (χ0) is 21.7. The van der Waals surface area contributed by atoms with Gasteiger partial charge in [0.1, 0.15) is 6.04 Å².